The van der Waals surface area contributed by atoms with Crippen LogP contribution in [0.4, 0.5) is 18.9 Å². The molecular formula is C20H20F3NO3. The average molecular weight is 379 g/mol. The van der Waals surface area contributed by atoms with Gasteiger partial charge in [-0.3, -0.25) is 4.79 Å². The van der Waals surface area contributed by atoms with E-state index in [-0.39, 0.29) is 11.0 Å². The van der Waals surface area contributed by atoms with Crippen molar-refractivity contribution in [1.29, 1.82) is 0 Å². The first-order valence-electron chi connectivity index (χ1n) is 8.26. The molecule has 0 heterocycles. The van der Waals surface area contributed by atoms with Gasteiger partial charge in [-0.15, -0.1) is 0 Å². The zero-order valence-corrected chi connectivity index (χ0v) is 15.4. The number of halogens is 3. The molecule has 0 aliphatic rings. The summed E-state index contributed by atoms with van der Waals surface area (Å²) in [6.07, 6.45) is -1.27. The van der Waals surface area contributed by atoms with Gasteiger partial charge in [-0.2, -0.15) is 0 Å². The Kier molecular flexibility index (Phi) is 5.93. The molecule has 0 radical (unpaired) electrons. The van der Waals surface area contributed by atoms with Gasteiger partial charge in [0.15, 0.2) is 23.6 Å². The van der Waals surface area contributed by atoms with Crippen LogP contribution >= 0.6 is 0 Å². The lowest BCUT2D eigenvalue weighted by molar-refractivity contribution is -0.123. The first-order valence-corrected chi connectivity index (χ1v) is 8.26. The van der Waals surface area contributed by atoms with E-state index in [2.05, 4.69) is 5.32 Å². The molecule has 1 amide bonds. The van der Waals surface area contributed by atoms with Crippen LogP contribution in [0, 0.1) is 17.5 Å². The van der Waals surface area contributed by atoms with E-state index in [4.69, 9.17) is 4.74 Å². The van der Waals surface area contributed by atoms with Crippen molar-refractivity contribution in [2.75, 3.05) is 5.32 Å². The SMILES string of the molecule is CC(OC(=O)c1ccc(C(C)(C)C)cc1)C(=O)Nc1ccc(F)c(F)c1F. The highest BCUT2D eigenvalue weighted by molar-refractivity contribution is 5.97. The molecule has 144 valence electrons. The monoisotopic (exact) mass is 379 g/mol. The molecule has 27 heavy (non-hydrogen) atoms. The summed E-state index contributed by atoms with van der Waals surface area (Å²) in [5, 5.41) is 2.07. The Balaban J connectivity index is 2.03. The summed E-state index contributed by atoms with van der Waals surface area (Å²) in [5.41, 5.74) is 0.654. The molecule has 2 rings (SSSR count). The van der Waals surface area contributed by atoms with Crippen molar-refractivity contribution in [3.05, 3.63) is 65.0 Å². The zero-order chi connectivity index (χ0) is 20.4. The largest absolute Gasteiger partial charge is 0.449 e. The minimum atomic E-state index is -1.70. The van der Waals surface area contributed by atoms with E-state index in [9.17, 15) is 22.8 Å². The first-order chi connectivity index (χ1) is 12.5. The second kappa shape index (κ2) is 7.82. The van der Waals surface area contributed by atoms with Gasteiger partial charge in [-0.05, 0) is 42.2 Å². The minimum absolute atomic E-state index is 0.0792. The molecule has 7 heteroatoms. The van der Waals surface area contributed by atoms with Gasteiger partial charge in [0, 0.05) is 0 Å². The normalized spacial score (nSPS) is 12.4. The van der Waals surface area contributed by atoms with Crippen molar-refractivity contribution in [1.82, 2.24) is 0 Å². The molecule has 0 aliphatic heterocycles. The van der Waals surface area contributed by atoms with Crippen molar-refractivity contribution in [2.45, 2.75) is 39.2 Å². The molecule has 0 spiro atoms. The number of ether oxygens (including phenoxy) is 1. The highest BCUT2D eigenvalue weighted by Gasteiger charge is 2.22. The van der Waals surface area contributed by atoms with Crippen molar-refractivity contribution in [2.24, 2.45) is 0 Å². The van der Waals surface area contributed by atoms with Gasteiger partial charge in [0.1, 0.15) is 0 Å². The van der Waals surface area contributed by atoms with Gasteiger partial charge < -0.3 is 10.1 Å². The number of esters is 1. The fourth-order valence-corrected chi connectivity index (χ4v) is 2.25. The van der Waals surface area contributed by atoms with Gasteiger partial charge in [0.2, 0.25) is 0 Å². The van der Waals surface area contributed by atoms with E-state index < -0.39 is 41.1 Å². The summed E-state index contributed by atoms with van der Waals surface area (Å²) in [5.74, 6) is -6.21. The third-order valence-corrected chi connectivity index (χ3v) is 3.93. The van der Waals surface area contributed by atoms with Crippen molar-refractivity contribution in [3.8, 4) is 0 Å². The third kappa shape index (κ3) is 4.87. The van der Waals surface area contributed by atoms with Crippen LogP contribution in [0.1, 0.15) is 43.6 Å². The van der Waals surface area contributed by atoms with Crippen LogP contribution in [0.15, 0.2) is 36.4 Å². The summed E-state index contributed by atoms with van der Waals surface area (Å²) in [6.45, 7) is 7.38. The van der Waals surface area contributed by atoms with Gasteiger partial charge in [-0.1, -0.05) is 32.9 Å². The summed E-state index contributed by atoms with van der Waals surface area (Å²) < 4.78 is 44.8. The summed E-state index contributed by atoms with van der Waals surface area (Å²) in [4.78, 5) is 24.2. The van der Waals surface area contributed by atoms with Crippen molar-refractivity contribution >= 4 is 17.6 Å². The van der Waals surface area contributed by atoms with Gasteiger partial charge in [-0.25, -0.2) is 18.0 Å². The Morgan fingerprint density at radius 3 is 2.11 bits per heavy atom. The molecule has 0 aromatic heterocycles. The summed E-state index contributed by atoms with van der Waals surface area (Å²) in [6, 6.07) is 8.31. The lowest BCUT2D eigenvalue weighted by atomic mass is 9.87. The Morgan fingerprint density at radius 1 is 0.963 bits per heavy atom. The number of carbonyl (C=O) groups excluding carboxylic acids is 2. The number of nitrogens with one attached hydrogen (secondary N) is 1. The molecule has 1 N–H and O–H groups in total. The molecule has 0 saturated heterocycles. The van der Waals surface area contributed by atoms with E-state index >= 15 is 0 Å². The van der Waals surface area contributed by atoms with Gasteiger partial charge in [0.25, 0.3) is 5.91 Å². The second-order valence-electron chi connectivity index (χ2n) is 7.09. The van der Waals surface area contributed by atoms with Crippen LogP contribution in [0.3, 0.4) is 0 Å². The minimum Gasteiger partial charge on any atom is -0.449 e. The average Bonchev–Trinajstić information content (AvgIpc) is 2.61. The Labute approximate surface area is 155 Å². The Morgan fingerprint density at radius 2 is 1.56 bits per heavy atom. The third-order valence-electron chi connectivity index (χ3n) is 3.93. The zero-order valence-electron chi connectivity index (χ0n) is 15.4. The highest BCUT2D eigenvalue weighted by atomic mass is 19.2. The predicted molar refractivity (Wildman–Crippen MR) is 95.0 cm³/mol. The lowest BCUT2D eigenvalue weighted by Gasteiger charge is -2.19. The number of amides is 1. The fraction of sp³-hybridized carbons (Fsp3) is 0.300. The highest BCUT2D eigenvalue weighted by Crippen LogP contribution is 2.23. The number of hydrogen-bond acceptors (Lipinski definition) is 3. The molecular weight excluding hydrogens is 359 g/mol. The van der Waals surface area contributed by atoms with Crippen LogP contribution < -0.4 is 5.32 Å². The van der Waals surface area contributed by atoms with E-state index in [1.807, 2.05) is 20.8 Å². The Bertz CT molecular complexity index is 858. The van der Waals surface area contributed by atoms with E-state index in [0.717, 1.165) is 11.6 Å². The maximum atomic E-state index is 13.6. The molecule has 1 unspecified atom stereocenters. The molecule has 0 fully saturated rings. The fourth-order valence-electron chi connectivity index (χ4n) is 2.25. The molecule has 2 aromatic rings. The maximum Gasteiger partial charge on any atom is 0.338 e. The molecule has 2 aromatic carbocycles. The first kappa shape index (κ1) is 20.5. The maximum absolute atomic E-state index is 13.6. The number of anilines is 1. The predicted octanol–water partition coefficient (Wildman–Crippen LogP) is 4.59. The van der Waals surface area contributed by atoms with E-state index in [1.165, 1.54) is 6.92 Å². The van der Waals surface area contributed by atoms with Crippen LogP contribution in [0.2, 0.25) is 0 Å². The summed E-state index contributed by atoms with van der Waals surface area (Å²) >= 11 is 0. The van der Waals surface area contributed by atoms with Crippen LogP contribution in [-0.2, 0) is 14.9 Å². The van der Waals surface area contributed by atoms with Crippen molar-refractivity contribution < 1.29 is 27.5 Å². The Hall–Kier alpha value is -2.83. The molecule has 1 atom stereocenters. The topological polar surface area (TPSA) is 55.4 Å². The van der Waals surface area contributed by atoms with E-state index in [1.54, 1.807) is 24.3 Å². The standard InChI is InChI=1S/C20H20F3NO3/c1-11(18(25)24-15-10-9-14(21)16(22)17(15)23)27-19(26)12-5-7-13(8-6-12)20(2,3)4/h5-11H,1-4H3,(H,24,25). The van der Waals surface area contributed by atoms with Gasteiger partial charge in [0.05, 0.1) is 11.3 Å². The number of carbonyl (C=O) groups is 2. The van der Waals surface area contributed by atoms with Crippen molar-refractivity contribution in [3.63, 3.8) is 0 Å². The number of rotatable bonds is 4. The van der Waals surface area contributed by atoms with Gasteiger partial charge >= 0.3 is 5.97 Å². The molecule has 0 saturated carbocycles. The molecule has 0 aliphatic carbocycles. The second-order valence-corrected chi connectivity index (χ2v) is 7.09. The number of hydrogen-bond donors (Lipinski definition) is 1. The van der Waals surface area contributed by atoms with Crippen LogP contribution in [0.5, 0.6) is 0 Å². The molecule has 4 nitrogen and oxygen atoms in total. The lowest BCUT2D eigenvalue weighted by Crippen LogP contribution is -2.30. The summed E-state index contributed by atoms with van der Waals surface area (Å²) in [7, 11) is 0. The smallest absolute Gasteiger partial charge is 0.338 e. The quantitative estimate of drug-likeness (QED) is 0.625. The van der Waals surface area contributed by atoms with Crippen LogP contribution in [0.25, 0.3) is 0 Å². The van der Waals surface area contributed by atoms with E-state index in [0.29, 0.717) is 6.07 Å². The van der Waals surface area contributed by atoms with Crippen LogP contribution in [-0.4, -0.2) is 18.0 Å². The number of benzene rings is 2. The molecule has 0 bridgehead atoms.